The van der Waals surface area contributed by atoms with Gasteiger partial charge in [0.2, 0.25) is 0 Å². The van der Waals surface area contributed by atoms with Gasteiger partial charge in [-0.3, -0.25) is 0 Å². The summed E-state index contributed by atoms with van der Waals surface area (Å²) in [5.41, 5.74) is 0.183. The van der Waals surface area contributed by atoms with E-state index in [-0.39, 0.29) is 11.4 Å². The van der Waals surface area contributed by atoms with Crippen LogP contribution in [0.4, 0.5) is 4.39 Å². The summed E-state index contributed by atoms with van der Waals surface area (Å²) < 4.78 is 19.4. The van der Waals surface area contributed by atoms with Crippen molar-refractivity contribution < 1.29 is 9.13 Å². The second-order valence-electron chi connectivity index (χ2n) is 5.66. The summed E-state index contributed by atoms with van der Waals surface area (Å²) in [4.78, 5) is 0. The molecule has 0 bridgehead atoms. The van der Waals surface area contributed by atoms with Crippen LogP contribution in [0.1, 0.15) is 40.0 Å². The van der Waals surface area contributed by atoms with Crippen molar-refractivity contribution >= 4 is 15.9 Å². The molecule has 2 nitrogen and oxygen atoms in total. The Hall–Kier alpha value is -0.610. The van der Waals surface area contributed by atoms with Gasteiger partial charge in [-0.2, -0.15) is 0 Å². The maximum atomic E-state index is 13.0. The third-order valence-electron chi connectivity index (χ3n) is 2.63. The van der Waals surface area contributed by atoms with E-state index in [1.165, 1.54) is 12.1 Å². The predicted octanol–water partition coefficient (Wildman–Crippen LogP) is 4.53. The molecule has 0 fully saturated rings. The first-order valence-corrected chi connectivity index (χ1v) is 7.51. The molecule has 0 saturated heterocycles. The van der Waals surface area contributed by atoms with Crippen molar-refractivity contribution in [3.05, 3.63) is 28.5 Å². The molecule has 19 heavy (non-hydrogen) atoms. The monoisotopic (exact) mass is 331 g/mol. The molecule has 0 radical (unpaired) electrons. The van der Waals surface area contributed by atoms with Gasteiger partial charge in [0.25, 0.3) is 0 Å². The van der Waals surface area contributed by atoms with E-state index in [1.807, 2.05) is 0 Å². The number of halogens is 2. The fraction of sp³-hybridized carbons (Fsp3) is 0.600. The van der Waals surface area contributed by atoms with Gasteiger partial charge in [-0.15, -0.1) is 0 Å². The highest BCUT2D eigenvalue weighted by molar-refractivity contribution is 9.10. The minimum Gasteiger partial charge on any atom is -0.492 e. The molecule has 0 atom stereocenters. The lowest BCUT2D eigenvalue weighted by molar-refractivity contribution is 0.300. The summed E-state index contributed by atoms with van der Waals surface area (Å²) in [6.45, 7) is 8.14. The molecular weight excluding hydrogens is 309 g/mol. The van der Waals surface area contributed by atoms with E-state index in [0.29, 0.717) is 12.4 Å². The van der Waals surface area contributed by atoms with Crippen molar-refractivity contribution in [2.45, 2.75) is 45.6 Å². The highest BCUT2D eigenvalue weighted by Crippen LogP contribution is 2.25. The molecule has 108 valence electrons. The van der Waals surface area contributed by atoms with Gasteiger partial charge in [0.05, 0.1) is 11.1 Å². The van der Waals surface area contributed by atoms with E-state index < -0.39 is 0 Å². The Morgan fingerprint density at radius 3 is 2.63 bits per heavy atom. The van der Waals surface area contributed by atoms with Crippen molar-refractivity contribution in [1.82, 2.24) is 5.32 Å². The number of nitrogens with one attached hydrogen (secondary N) is 1. The highest BCUT2D eigenvalue weighted by Gasteiger charge is 2.07. The molecule has 0 unspecified atom stereocenters. The average Bonchev–Trinajstić information content (AvgIpc) is 2.31. The average molecular weight is 332 g/mol. The number of unbranched alkanes of at least 4 members (excludes halogenated alkanes) is 2. The number of hydrogen-bond donors (Lipinski definition) is 1. The summed E-state index contributed by atoms with van der Waals surface area (Å²) in [6.07, 6.45) is 3.22. The van der Waals surface area contributed by atoms with Crippen molar-refractivity contribution in [2.24, 2.45) is 0 Å². The fourth-order valence-corrected chi connectivity index (χ4v) is 2.00. The Morgan fingerprint density at radius 2 is 1.95 bits per heavy atom. The van der Waals surface area contributed by atoms with E-state index in [1.54, 1.807) is 6.07 Å². The van der Waals surface area contributed by atoms with Crippen LogP contribution in [0, 0.1) is 5.82 Å². The lowest BCUT2D eigenvalue weighted by Crippen LogP contribution is -2.36. The van der Waals surface area contributed by atoms with E-state index in [9.17, 15) is 4.39 Å². The number of hydrogen-bond acceptors (Lipinski definition) is 2. The maximum absolute atomic E-state index is 13.0. The second-order valence-corrected chi connectivity index (χ2v) is 6.51. The van der Waals surface area contributed by atoms with E-state index in [2.05, 4.69) is 42.0 Å². The van der Waals surface area contributed by atoms with E-state index >= 15 is 0 Å². The van der Waals surface area contributed by atoms with Gasteiger partial charge in [-0.05, 0) is 74.6 Å². The first-order chi connectivity index (χ1) is 8.88. The first kappa shape index (κ1) is 16.4. The van der Waals surface area contributed by atoms with Crippen LogP contribution in [-0.4, -0.2) is 18.7 Å². The minimum absolute atomic E-state index is 0.183. The molecule has 0 spiro atoms. The van der Waals surface area contributed by atoms with Crippen LogP contribution in [0.15, 0.2) is 22.7 Å². The van der Waals surface area contributed by atoms with Crippen LogP contribution in [-0.2, 0) is 0 Å². The minimum atomic E-state index is -0.271. The van der Waals surface area contributed by atoms with Crippen molar-refractivity contribution in [3.8, 4) is 5.75 Å². The Kier molecular flexibility index (Phi) is 6.80. The van der Waals surface area contributed by atoms with Crippen molar-refractivity contribution in [1.29, 1.82) is 0 Å². The SMILES string of the molecule is CC(C)(C)NCCCCCOc1cc(F)ccc1Br. The summed E-state index contributed by atoms with van der Waals surface area (Å²) in [6, 6.07) is 4.48. The second kappa shape index (κ2) is 7.85. The maximum Gasteiger partial charge on any atom is 0.136 e. The third kappa shape index (κ3) is 7.53. The first-order valence-electron chi connectivity index (χ1n) is 6.71. The Bertz CT molecular complexity index is 390. The summed E-state index contributed by atoms with van der Waals surface area (Å²) >= 11 is 3.34. The molecule has 0 aliphatic heterocycles. The van der Waals surface area contributed by atoms with Gasteiger partial charge in [0.15, 0.2) is 0 Å². The molecule has 0 amide bonds. The van der Waals surface area contributed by atoms with Crippen LogP contribution < -0.4 is 10.1 Å². The number of rotatable bonds is 7. The lowest BCUT2D eigenvalue weighted by atomic mass is 10.1. The standard InChI is InChI=1S/C15H23BrFNO/c1-15(2,3)18-9-5-4-6-10-19-14-11-12(17)7-8-13(14)16/h7-8,11,18H,4-6,9-10H2,1-3H3. The summed E-state index contributed by atoms with van der Waals surface area (Å²) in [5, 5.41) is 3.45. The fourth-order valence-electron chi connectivity index (χ4n) is 1.64. The molecule has 0 saturated carbocycles. The third-order valence-corrected chi connectivity index (χ3v) is 3.28. The largest absolute Gasteiger partial charge is 0.492 e. The number of benzene rings is 1. The molecular formula is C15H23BrFNO. The molecule has 0 aliphatic carbocycles. The Labute approximate surface area is 123 Å². The zero-order valence-electron chi connectivity index (χ0n) is 11.9. The van der Waals surface area contributed by atoms with Gasteiger partial charge in [0, 0.05) is 11.6 Å². The normalized spacial score (nSPS) is 11.6. The van der Waals surface area contributed by atoms with Crippen LogP contribution in [0.5, 0.6) is 5.75 Å². The van der Waals surface area contributed by atoms with Crippen LogP contribution in [0.2, 0.25) is 0 Å². The zero-order valence-corrected chi connectivity index (χ0v) is 13.5. The topological polar surface area (TPSA) is 21.3 Å². The van der Waals surface area contributed by atoms with Gasteiger partial charge in [0.1, 0.15) is 11.6 Å². The van der Waals surface area contributed by atoms with Crippen molar-refractivity contribution in [2.75, 3.05) is 13.2 Å². The number of ether oxygens (including phenoxy) is 1. The Morgan fingerprint density at radius 1 is 1.21 bits per heavy atom. The molecule has 1 rings (SSSR count). The smallest absolute Gasteiger partial charge is 0.136 e. The molecule has 1 N–H and O–H groups in total. The van der Waals surface area contributed by atoms with Crippen LogP contribution >= 0.6 is 15.9 Å². The Balaban J connectivity index is 2.12. The molecule has 0 aliphatic rings. The summed E-state index contributed by atoms with van der Waals surface area (Å²) in [5.74, 6) is 0.306. The van der Waals surface area contributed by atoms with Gasteiger partial charge in [-0.25, -0.2) is 4.39 Å². The lowest BCUT2D eigenvalue weighted by Gasteiger charge is -2.20. The van der Waals surface area contributed by atoms with Crippen LogP contribution in [0.3, 0.4) is 0 Å². The van der Waals surface area contributed by atoms with Crippen molar-refractivity contribution in [3.63, 3.8) is 0 Å². The highest BCUT2D eigenvalue weighted by atomic mass is 79.9. The van der Waals surface area contributed by atoms with Gasteiger partial charge >= 0.3 is 0 Å². The quantitative estimate of drug-likeness (QED) is 0.741. The van der Waals surface area contributed by atoms with E-state index in [4.69, 9.17) is 4.74 Å². The van der Waals surface area contributed by atoms with Gasteiger partial charge < -0.3 is 10.1 Å². The molecule has 4 heteroatoms. The van der Waals surface area contributed by atoms with E-state index in [0.717, 1.165) is 30.3 Å². The zero-order chi connectivity index (χ0) is 14.3. The van der Waals surface area contributed by atoms with Crippen LogP contribution in [0.25, 0.3) is 0 Å². The molecule has 0 aromatic heterocycles. The van der Waals surface area contributed by atoms with Gasteiger partial charge in [-0.1, -0.05) is 0 Å². The molecule has 1 aromatic carbocycles. The molecule has 0 heterocycles. The molecule has 1 aromatic rings. The summed E-state index contributed by atoms with van der Waals surface area (Å²) in [7, 11) is 0. The predicted molar refractivity (Wildman–Crippen MR) is 81.2 cm³/mol.